The maximum Gasteiger partial charge on any atom is 0.418 e. The molecule has 0 atom stereocenters. The molecule has 158 valence electrons. The fraction of sp³-hybridized carbons (Fsp3) is 0.211. The van der Waals surface area contributed by atoms with Crippen molar-refractivity contribution in [2.45, 2.75) is 20.0 Å². The number of aromatic nitrogens is 1. The molecule has 0 unspecified atom stereocenters. The highest BCUT2D eigenvalue weighted by Crippen LogP contribution is 2.37. The number of anilines is 2. The van der Waals surface area contributed by atoms with Crippen LogP contribution in [0.3, 0.4) is 0 Å². The van der Waals surface area contributed by atoms with Crippen molar-refractivity contribution in [3.05, 3.63) is 51.0 Å². The van der Waals surface area contributed by atoms with E-state index in [0.717, 1.165) is 28.7 Å². The van der Waals surface area contributed by atoms with Crippen LogP contribution in [0.25, 0.3) is 10.2 Å². The van der Waals surface area contributed by atoms with Crippen molar-refractivity contribution >= 4 is 56.4 Å². The molecule has 2 aromatic heterocycles. The molecular weight excluding hydrogens is 443 g/mol. The van der Waals surface area contributed by atoms with Crippen LogP contribution in [0.5, 0.6) is 0 Å². The van der Waals surface area contributed by atoms with Crippen molar-refractivity contribution in [1.82, 2.24) is 4.98 Å². The first-order valence-electron chi connectivity index (χ1n) is 8.47. The molecule has 0 radical (unpaired) electrons. The molecule has 0 aliphatic carbocycles. The van der Waals surface area contributed by atoms with Gasteiger partial charge in [0.25, 0.3) is 5.91 Å². The summed E-state index contributed by atoms with van der Waals surface area (Å²) >= 11 is 6.62. The topological polar surface area (TPSA) is 94.3 Å². The van der Waals surface area contributed by atoms with Gasteiger partial charge in [-0.3, -0.25) is 4.79 Å². The number of carbonyl (C=O) groups is 2. The Balaban J connectivity index is 1.73. The van der Waals surface area contributed by atoms with Crippen LogP contribution in [-0.4, -0.2) is 23.5 Å². The highest BCUT2D eigenvalue weighted by Gasteiger charge is 2.34. The Kier molecular flexibility index (Phi) is 5.91. The molecule has 3 N–H and O–H groups in total. The van der Waals surface area contributed by atoms with Crippen molar-refractivity contribution in [1.29, 1.82) is 0 Å². The number of fused-ring (bicyclic) bond motifs is 1. The Morgan fingerprint density at radius 3 is 2.63 bits per heavy atom. The summed E-state index contributed by atoms with van der Waals surface area (Å²) in [7, 11) is 0. The number of esters is 1. The molecule has 11 heteroatoms. The molecule has 0 aliphatic heterocycles. The number of alkyl halides is 3. The second-order valence-corrected chi connectivity index (χ2v) is 7.85. The van der Waals surface area contributed by atoms with E-state index in [-0.39, 0.29) is 15.6 Å². The summed E-state index contributed by atoms with van der Waals surface area (Å²) in [4.78, 5) is 29.4. The highest BCUT2D eigenvalue weighted by atomic mass is 35.5. The van der Waals surface area contributed by atoms with Crippen LogP contribution in [0.1, 0.15) is 26.5 Å². The van der Waals surface area contributed by atoms with Gasteiger partial charge in [-0.25, -0.2) is 9.78 Å². The van der Waals surface area contributed by atoms with E-state index in [4.69, 9.17) is 22.1 Å². The van der Waals surface area contributed by atoms with Crippen molar-refractivity contribution < 1.29 is 27.5 Å². The van der Waals surface area contributed by atoms with Gasteiger partial charge in [0.2, 0.25) is 0 Å². The molecular formula is C19H15ClF3N3O3S. The van der Waals surface area contributed by atoms with Crippen molar-refractivity contribution in [3.8, 4) is 0 Å². The van der Waals surface area contributed by atoms with Crippen LogP contribution in [-0.2, 0) is 15.7 Å². The Bertz CT molecular complexity index is 1160. The largest absolute Gasteiger partial charge is 0.451 e. The lowest BCUT2D eigenvalue weighted by Gasteiger charge is -2.14. The van der Waals surface area contributed by atoms with Gasteiger partial charge in [0.1, 0.15) is 9.71 Å². The molecule has 0 aliphatic rings. The second kappa shape index (κ2) is 8.11. The predicted octanol–water partition coefficient (Wildman–Crippen LogP) is 4.96. The number of hydrogen-bond donors (Lipinski definition) is 2. The number of rotatable bonds is 4. The molecule has 1 amide bonds. The minimum atomic E-state index is -4.72. The lowest BCUT2D eigenvalue weighted by Crippen LogP contribution is -2.22. The van der Waals surface area contributed by atoms with Gasteiger partial charge in [0, 0.05) is 16.1 Å². The number of aryl methyl sites for hydroxylation is 2. The first-order chi connectivity index (χ1) is 14.0. The quantitative estimate of drug-likeness (QED) is 0.540. The number of carbonyl (C=O) groups excluding carboxylic acids is 2. The highest BCUT2D eigenvalue weighted by molar-refractivity contribution is 7.21. The first kappa shape index (κ1) is 21.8. The van der Waals surface area contributed by atoms with Crippen molar-refractivity contribution in [2.24, 2.45) is 0 Å². The molecule has 3 rings (SSSR count). The molecule has 1 aromatic carbocycles. The Hall–Kier alpha value is -2.85. The zero-order chi connectivity index (χ0) is 22.2. The van der Waals surface area contributed by atoms with Gasteiger partial charge in [0.05, 0.1) is 16.9 Å². The fourth-order valence-electron chi connectivity index (χ4n) is 2.86. The van der Waals surface area contributed by atoms with E-state index in [1.165, 1.54) is 6.07 Å². The van der Waals surface area contributed by atoms with E-state index in [9.17, 15) is 22.8 Å². The normalized spacial score (nSPS) is 11.5. The molecule has 0 saturated carbocycles. The Labute approximate surface area is 177 Å². The van der Waals surface area contributed by atoms with E-state index in [2.05, 4.69) is 10.3 Å². The average molecular weight is 458 g/mol. The van der Waals surface area contributed by atoms with E-state index >= 15 is 0 Å². The number of pyridine rings is 1. The lowest BCUT2D eigenvalue weighted by atomic mass is 10.1. The Morgan fingerprint density at radius 1 is 1.27 bits per heavy atom. The van der Waals surface area contributed by atoms with Crippen LogP contribution in [0, 0.1) is 13.8 Å². The number of nitrogens with one attached hydrogen (secondary N) is 1. The Morgan fingerprint density at radius 2 is 1.97 bits per heavy atom. The monoisotopic (exact) mass is 457 g/mol. The van der Waals surface area contributed by atoms with E-state index in [1.54, 1.807) is 6.92 Å². The van der Waals surface area contributed by atoms with Crippen molar-refractivity contribution in [3.63, 3.8) is 0 Å². The summed E-state index contributed by atoms with van der Waals surface area (Å²) in [5.41, 5.74) is 6.20. The van der Waals surface area contributed by atoms with E-state index < -0.39 is 35.9 Å². The van der Waals surface area contributed by atoms with E-state index in [0.29, 0.717) is 16.3 Å². The van der Waals surface area contributed by atoms with Crippen LogP contribution in [0.4, 0.5) is 24.5 Å². The van der Waals surface area contributed by atoms with Gasteiger partial charge < -0.3 is 15.8 Å². The summed E-state index contributed by atoms with van der Waals surface area (Å²) in [5, 5.41) is 2.56. The maximum absolute atomic E-state index is 13.1. The minimum Gasteiger partial charge on any atom is -0.451 e. The van der Waals surface area contributed by atoms with Gasteiger partial charge in [-0.2, -0.15) is 13.2 Å². The molecule has 0 fully saturated rings. The van der Waals surface area contributed by atoms with Gasteiger partial charge in [-0.1, -0.05) is 11.6 Å². The SMILES string of the molecule is Cc1cc(C)c2c(N)c(C(=O)OCC(=O)Nc3ccc(Cl)cc3C(F)(F)F)sc2n1. The first-order valence-corrected chi connectivity index (χ1v) is 9.66. The number of halogens is 4. The zero-order valence-corrected chi connectivity index (χ0v) is 17.3. The molecule has 30 heavy (non-hydrogen) atoms. The fourth-order valence-corrected chi connectivity index (χ4v) is 4.15. The second-order valence-electron chi connectivity index (χ2n) is 6.42. The number of benzene rings is 1. The number of ether oxygens (including phenoxy) is 1. The van der Waals surface area contributed by atoms with Crippen LogP contribution < -0.4 is 11.1 Å². The molecule has 3 aromatic rings. The number of thiophene rings is 1. The molecule has 0 spiro atoms. The molecule has 0 saturated heterocycles. The lowest BCUT2D eigenvalue weighted by molar-refractivity contribution is -0.137. The smallest absolute Gasteiger partial charge is 0.418 e. The third kappa shape index (κ3) is 4.49. The molecule has 0 bridgehead atoms. The minimum absolute atomic E-state index is 0.0708. The van der Waals surface area contributed by atoms with Crippen LogP contribution in [0.2, 0.25) is 5.02 Å². The standard InChI is InChI=1S/C19H15ClF3N3O3S/c1-8-5-9(2)25-17-14(8)15(24)16(30-17)18(28)29-7-13(27)26-12-4-3-10(20)6-11(12)19(21,22)23/h3-6H,7,24H2,1-2H3,(H,26,27). The van der Waals surface area contributed by atoms with Gasteiger partial charge >= 0.3 is 12.1 Å². The summed E-state index contributed by atoms with van der Waals surface area (Å²) in [6.45, 7) is 2.83. The number of hydrogen-bond acceptors (Lipinski definition) is 6. The molecule has 6 nitrogen and oxygen atoms in total. The summed E-state index contributed by atoms with van der Waals surface area (Å²) in [6.07, 6.45) is -4.72. The number of nitrogens with two attached hydrogens (primary N) is 1. The van der Waals surface area contributed by atoms with Gasteiger partial charge in [0.15, 0.2) is 6.61 Å². The maximum atomic E-state index is 13.1. The summed E-state index contributed by atoms with van der Waals surface area (Å²) < 4.78 is 44.3. The van der Waals surface area contributed by atoms with Gasteiger partial charge in [-0.15, -0.1) is 11.3 Å². The van der Waals surface area contributed by atoms with Crippen LogP contribution >= 0.6 is 22.9 Å². The predicted molar refractivity (Wildman–Crippen MR) is 109 cm³/mol. The van der Waals surface area contributed by atoms with Crippen LogP contribution in [0.15, 0.2) is 24.3 Å². The van der Waals surface area contributed by atoms with Gasteiger partial charge in [-0.05, 0) is 43.7 Å². The number of nitrogen functional groups attached to an aromatic ring is 1. The summed E-state index contributed by atoms with van der Waals surface area (Å²) in [5.74, 6) is -1.81. The third-order valence-corrected chi connectivity index (χ3v) is 5.42. The summed E-state index contributed by atoms with van der Waals surface area (Å²) in [6, 6.07) is 4.73. The third-order valence-electron chi connectivity index (χ3n) is 4.11. The van der Waals surface area contributed by atoms with Crippen molar-refractivity contribution in [2.75, 3.05) is 17.7 Å². The van der Waals surface area contributed by atoms with E-state index in [1.807, 2.05) is 13.0 Å². The average Bonchev–Trinajstić information content (AvgIpc) is 2.97. The number of nitrogens with zero attached hydrogens (tertiary/aromatic N) is 1. The zero-order valence-electron chi connectivity index (χ0n) is 15.7. The number of amides is 1. The molecule has 2 heterocycles.